The van der Waals surface area contributed by atoms with Gasteiger partial charge in [0.15, 0.2) is 0 Å². The molecule has 0 bridgehead atoms. The lowest BCUT2D eigenvalue weighted by molar-refractivity contribution is 0.383. The van der Waals surface area contributed by atoms with Crippen LogP contribution in [-0.4, -0.2) is 43.0 Å². The molecule has 0 radical (unpaired) electrons. The van der Waals surface area contributed by atoms with Crippen LogP contribution >= 0.6 is 0 Å². The molecule has 0 saturated carbocycles. The number of rotatable bonds is 4. The van der Waals surface area contributed by atoms with Crippen molar-refractivity contribution in [2.75, 3.05) is 43.4 Å². The Morgan fingerprint density at radius 3 is 3.08 bits per heavy atom. The van der Waals surface area contributed by atoms with E-state index >= 15 is 0 Å². The second kappa shape index (κ2) is 6.48. The minimum Gasteiger partial charge on any atom is -0.374 e. The van der Waals surface area contributed by atoms with E-state index in [0.29, 0.717) is 11.8 Å². The van der Waals surface area contributed by atoms with Gasteiger partial charge in [-0.15, -0.1) is 0 Å². The number of para-hydroxylation sites is 1. The topological polar surface area (TPSA) is 45.1 Å². The van der Waals surface area contributed by atoms with Gasteiger partial charge in [0.2, 0.25) is 0 Å². The predicted octanol–water partition coefficient (Wildman–Crippen LogP) is 2.45. The molecule has 0 saturated heterocycles. The maximum Gasteiger partial charge on any atom is 0.124 e. The summed E-state index contributed by atoms with van der Waals surface area (Å²) in [6.45, 7) is 7.34. The number of hydrogen-bond donors (Lipinski definition) is 2. The van der Waals surface area contributed by atoms with E-state index in [4.69, 9.17) is 0 Å². The Morgan fingerprint density at radius 1 is 1.29 bits per heavy atom. The van der Waals surface area contributed by atoms with Crippen molar-refractivity contribution in [3.8, 4) is 0 Å². The zero-order chi connectivity index (χ0) is 16.5. The van der Waals surface area contributed by atoms with E-state index in [0.717, 1.165) is 44.2 Å². The zero-order valence-electron chi connectivity index (χ0n) is 14.6. The predicted molar refractivity (Wildman–Crippen MR) is 98.9 cm³/mol. The van der Waals surface area contributed by atoms with Crippen molar-refractivity contribution in [3.63, 3.8) is 0 Å². The van der Waals surface area contributed by atoms with Crippen LogP contribution < -0.4 is 15.5 Å². The molecular weight excluding hydrogens is 298 g/mol. The maximum atomic E-state index is 4.56. The lowest BCUT2D eigenvalue weighted by Crippen LogP contribution is -2.38. The van der Waals surface area contributed by atoms with Crippen LogP contribution in [0.4, 0.5) is 11.5 Å². The van der Waals surface area contributed by atoms with E-state index in [-0.39, 0.29) is 0 Å². The number of anilines is 2. The molecule has 1 aromatic carbocycles. The van der Waals surface area contributed by atoms with Gasteiger partial charge in [-0.25, -0.2) is 4.68 Å². The Bertz CT molecular complexity index is 708. The highest BCUT2D eigenvalue weighted by atomic mass is 15.3. The number of hydrogen-bond acceptors (Lipinski definition) is 4. The molecule has 2 aliphatic heterocycles. The van der Waals surface area contributed by atoms with Crippen molar-refractivity contribution in [3.05, 3.63) is 41.6 Å². The van der Waals surface area contributed by atoms with E-state index in [1.165, 1.54) is 17.7 Å². The lowest BCUT2D eigenvalue weighted by Gasteiger charge is -2.34. The maximum absolute atomic E-state index is 4.56. The fourth-order valence-electron chi connectivity index (χ4n) is 4.00. The SMILES string of the molecule is Cc1cc2n(n1)C[C@H](CNC[C@@H]1CCN(C)c3ccccc31)CN2. The normalized spacial score (nSPS) is 22.7. The van der Waals surface area contributed by atoms with Crippen LogP contribution in [0.3, 0.4) is 0 Å². The molecule has 2 atom stereocenters. The van der Waals surface area contributed by atoms with Crippen LogP contribution in [0.2, 0.25) is 0 Å². The molecule has 128 valence electrons. The van der Waals surface area contributed by atoms with Crippen LogP contribution in [0.1, 0.15) is 23.6 Å². The molecule has 5 heteroatoms. The quantitative estimate of drug-likeness (QED) is 0.906. The van der Waals surface area contributed by atoms with Crippen molar-refractivity contribution < 1.29 is 0 Å². The third-order valence-electron chi connectivity index (χ3n) is 5.33. The van der Waals surface area contributed by atoms with E-state index in [9.17, 15) is 0 Å². The number of fused-ring (bicyclic) bond motifs is 2. The second-order valence-electron chi connectivity index (χ2n) is 7.22. The van der Waals surface area contributed by atoms with E-state index in [2.05, 4.69) is 69.6 Å². The smallest absolute Gasteiger partial charge is 0.124 e. The molecule has 3 heterocycles. The molecule has 2 N–H and O–H groups in total. The van der Waals surface area contributed by atoms with Gasteiger partial charge >= 0.3 is 0 Å². The molecule has 0 spiro atoms. The summed E-state index contributed by atoms with van der Waals surface area (Å²) in [4.78, 5) is 2.37. The standard InChI is InChI=1S/C19H27N5/c1-14-9-19-21-11-15(13-24(19)22-14)10-20-12-16-7-8-23(2)18-6-4-3-5-17(16)18/h3-6,9,15-16,20-21H,7-8,10-13H2,1-2H3/t15-,16+/m1/s1. The van der Waals surface area contributed by atoms with Crippen molar-refractivity contribution in [1.82, 2.24) is 15.1 Å². The highest BCUT2D eigenvalue weighted by Gasteiger charge is 2.23. The molecular formula is C19H27N5. The zero-order valence-corrected chi connectivity index (χ0v) is 14.6. The summed E-state index contributed by atoms with van der Waals surface area (Å²) in [6, 6.07) is 11.0. The summed E-state index contributed by atoms with van der Waals surface area (Å²) in [5, 5.41) is 11.8. The largest absolute Gasteiger partial charge is 0.374 e. The fraction of sp³-hybridized carbons (Fsp3) is 0.526. The van der Waals surface area contributed by atoms with E-state index in [1.807, 2.05) is 0 Å². The Morgan fingerprint density at radius 2 is 2.17 bits per heavy atom. The number of benzene rings is 1. The molecule has 4 rings (SSSR count). The molecule has 5 nitrogen and oxygen atoms in total. The molecule has 0 fully saturated rings. The Balaban J connectivity index is 1.33. The minimum atomic E-state index is 0.596. The van der Waals surface area contributed by atoms with Gasteiger partial charge in [-0.2, -0.15) is 5.10 Å². The van der Waals surface area contributed by atoms with Crippen LogP contribution in [0.5, 0.6) is 0 Å². The monoisotopic (exact) mass is 325 g/mol. The summed E-state index contributed by atoms with van der Waals surface area (Å²) >= 11 is 0. The first-order chi connectivity index (χ1) is 11.7. The number of nitrogens with zero attached hydrogens (tertiary/aromatic N) is 3. The van der Waals surface area contributed by atoms with Crippen LogP contribution in [0.15, 0.2) is 30.3 Å². The highest BCUT2D eigenvalue weighted by molar-refractivity contribution is 5.56. The molecule has 0 amide bonds. The molecule has 1 aromatic heterocycles. The van der Waals surface area contributed by atoms with Gasteiger partial charge in [0.25, 0.3) is 0 Å². The van der Waals surface area contributed by atoms with Gasteiger partial charge in [0, 0.05) is 63.4 Å². The molecule has 0 aliphatic carbocycles. The Kier molecular flexibility index (Phi) is 4.19. The van der Waals surface area contributed by atoms with E-state index in [1.54, 1.807) is 0 Å². The number of nitrogens with one attached hydrogen (secondary N) is 2. The lowest BCUT2D eigenvalue weighted by atomic mass is 9.90. The van der Waals surface area contributed by atoms with Crippen LogP contribution in [0.25, 0.3) is 0 Å². The van der Waals surface area contributed by atoms with Crippen LogP contribution in [-0.2, 0) is 6.54 Å². The van der Waals surface area contributed by atoms with E-state index < -0.39 is 0 Å². The summed E-state index contributed by atoms with van der Waals surface area (Å²) in [7, 11) is 2.19. The fourth-order valence-corrected chi connectivity index (χ4v) is 4.00. The average Bonchev–Trinajstić information content (AvgIpc) is 2.96. The average molecular weight is 325 g/mol. The van der Waals surface area contributed by atoms with Gasteiger partial charge in [0.1, 0.15) is 5.82 Å². The molecule has 2 aliphatic rings. The molecule has 0 unspecified atom stereocenters. The number of aromatic nitrogens is 2. The first kappa shape index (κ1) is 15.5. The summed E-state index contributed by atoms with van der Waals surface area (Å²) < 4.78 is 2.11. The van der Waals surface area contributed by atoms with Gasteiger partial charge < -0.3 is 15.5 Å². The van der Waals surface area contributed by atoms with Gasteiger partial charge in [-0.1, -0.05) is 18.2 Å². The summed E-state index contributed by atoms with van der Waals surface area (Å²) in [5.41, 5.74) is 3.98. The first-order valence-corrected chi connectivity index (χ1v) is 9.00. The second-order valence-corrected chi connectivity index (χ2v) is 7.22. The Hall–Kier alpha value is -2.01. The molecule has 24 heavy (non-hydrogen) atoms. The number of aryl methyl sites for hydroxylation is 1. The van der Waals surface area contributed by atoms with Gasteiger partial charge in [0.05, 0.1) is 5.69 Å². The van der Waals surface area contributed by atoms with Crippen LogP contribution in [0, 0.1) is 12.8 Å². The minimum absolute atomic E-state index is 0.596. The van der Waals surface area contributed by atoms with Gasteiger partial charge in [-0.3, -0.25) is 0 Å². The van der Waals surface area contributed by atoms with Crippen molar-refractivity contribution in [1.29, 1.82) is 0 Å². The van der Waals surface area contributed by atoms with Crippen molar-refractivity contribution >= 4 is 11.5 Å². The summed E-state index contributed by atoms with van der Waals surface area (Å²) in [6.07, 6.45) is 1.23. The van der Waals surface area contributed by atoms with Crippen molar-refractivity contribution in [2.24, 2.45) is 5.92 Å². The third-order valence-corrected chi connectivity index (χ3v) is 5.33. The third kappa shape index (κ3) is 3.00. The highest BCUT2D eigenvalue weighted by Crippen LogP contribution is 2.33. The molecule has 2 aromatic rings. The Labute approximate surface area is 144 Å². The first-order valence-electron chi connectivity index (χ1n) is 9.00. The summed E-state index contributed by atoms with van der Waals surface area (Å²) in [5.74, 6) is 2.38. The van der Waals surface area contributed by atoms with Crippen molar-refractivity contribution in [2.45, 2.75) is 25.8 Å². The van der Waals surface area contributed by atoms with Gasteiger partial charge in [-0.05, 0) is 25.0 Å².